The second kappa shape index (κ2) is 7.87. The van der Waals surface area contributed by atoms with Crippen molar-refractivity contribution in [3.63, 3.8) is 0 Å². The second-order valence-electron chi connectivity index (χ2n) is 2.52. The van der Waals surface area contributed by atoms with Gasteiger partial charge in [-0.3, -0.25) is 0 Å². The monoisotopic (exact) mass is 192 g/mol. The van der Waals surface area contributed by atoms with Gasteiger partial charge in [-0.05, 0) is 5.53 Å². The van der Waals surface area contributed by atoms with Gasteiger partial charge in [0.25, 0.3) is 0 Å². The summed E-state index contributed by atoms with van der Waals surface area (Å²) < 4.78 is 5.08. The van der Waals surface area contributed by atoms with E-state index in [1.807, 2.05) is 6.07 Å². The van der Waals surface area contributed by atoms with Gasteiger partial charge in [0, 0.05) is 18.1 Å². The van der Waals surface area contributed by atoms with Crippen molar-refractivity contribution in [1.82, 2.24) is 0 Å². The molecule has 0 heterocycles. The summed E-state index contributed by atoms with van der Waals surface area (Å²) in [5, 5.41) is 11.7. The van der Waals surface area contributed by atoms with Crippen molar-refractivity contribution < 1.29 is 4.74 Å². The Morgan fingerprint density at radius 2 is 2.29 bits per heavy atom. The fourth-order valence-electron chi connectivity index (χ4n) is 0.856. The van der Waals surface area contributed by atoms with Crippen molar-refractivity contribution in [2.45, 2.75) is 19.1 Å². The molecule has 0 saturated heterocycles. The van der Waals surface area contributed by atoms with Crippen LogP contribution in [0.1, 0.15) is 6.92 Å². The third kappa shape index (κ3) is 4.99. The minimum absolute atomic E-state index is 0.267. The van der Waals surface area contributed by atoms with Gasteiger partial charge in [0.1, 0.15) is 0 Å². The molecule has 0 amide bonds. The van der Waals surface area contributed by atoms with E-state index in [1.165, 1.54) is 13.2 Å². The third-order valence-corrected chi connectivity index (χ3v) is 1.56. The maximum atomic E-state index is 8.21. The largest absolute Gasteiger partial charge is 0.377 e. The van der Waals surface area contributed by atoms with E-state index in [2.05, 4.69) is 10.0 Å². The number of rotatable bonds is 5. The lowest BCUT2D eigenvalue weighted by Crippen LogP contribution is -2.20. The van der Waals surface area contributed by atoms with Crippen LogP contribution in [0, 0.1) is 11.3 Å². The van der Waals surface area contributed by atoms with Gasteiger partial charge in [-0.2, -0.15) is 5.26 Å². The molecule has 2 atom stereocenters. The zero-order chi connectivity index (χ0) is 10.8. The summed E-state index contributed by atoms with van der Waals surface area (Å²) in [4.78, 5) is 2.69. The molecule has 0 N–H and O–H groups in total. The van der Waals surface area contributed by atoms with Crippen LogP contribution in [0.4, 0.5) is 0 Å². The summed E-state index contributed by atoms with van der Waals surface area (Å²) in [6.07, 6.45) is 6.08. The van der Waals surface area contributed by atoms with Crippen LogP contribution in [-0.4, -0.2) is 19.3 Å². The van der Waals surface area contributed by atoms with Crippen LogP contribution in [0.15, 0.2) is 29.4 Å². The highest BCUT2D eigenvalue weighted by Crippen LogP contribution is 2.04. The van der Waals surface area contributed by atoms with E-state index in [4.69, 9.17) is 15.5 Å². The molecule has 5 heteroatoms. The predicted molar refractivity (Wildman–Crippen MR) is 53.3 cm³/mol. The van der Waals surface area contributed by atoms with E-state index in [0.717, 1.165) is 0 Å². The zero-order valence-electron chi connectivity index (χ0n) is 8.16. The minimum Gasteiger partial charge on any atom is -0.377 e. The molecule has 0 aromatic rings. The van der Waals surface area contributed by atoms with E-state index in [0.29, 0.717) is 0 Å². The van der Waals surface area contributed by atoms with Crippen LogP contribution in [0.2, 0.25) is 0 Å². The van der Waals surface area contributed by atoms with Gasteiger partial charge in [-0.25, -0.2) is 0 Å². The lowest BCUT2D eigenvalue weighted by Gasteiger charge is -2.13. The van der Waals surface area contributed by atoms with Crippen molar-refractivity contribution in [2.24, 2.45) is 5.11 Å². The number of hydrogen-bond acceptors (Lipinski definition) is 3. The summed E-state index contributed by atoms with van der Waals surface area (Å²) in [7, 11) is 1.53. The quantitative estimate of drug-likeness (QED) is 0.220. The molecule has 5 nitrogen and oxygen atoms in total. The first kappa shape index (κ1) is 12.2. The Kier molecular flexibility index (Phi) is 6.88. The Balaban J connectivity index is 4.29. The number of ether oxygens (including phenoxy) is 1. The van der Waals surface area contributed by atoms with E-state index in [-0.39, 0.29) is 12.1 Å². The smallest absolute Gasteiger partial charge is 0.0912 e. The van der Waals surface area contributed by atoms with Crippen molar-refractivity contribution in [1.29, 1.82) is 5.26 Å². The van der Waals surface area contributed by atoms with Crippen molar-refractivity contribution in [3.05, 3.63) is 34.7 Å². The van der Waals surface area contributed by atoms with Crippen LogP contribution in [-0.2, 0) is 4.74 Å². The molecule has 0 spiro atoms. The molecular formula is C9H12N4O. The molecule has 0 aliphatic carbocycles. The summed E-state index contributed by atoms with van der Waals surface area (Å²) in [5.41, 5.74) is 8.21. The van der Waals surface area contributed by atoms with E-state index >= 15 is 0 Å². The van der Waals surface area contributed by atoms with Crippen LogP contribution in [0.3, 0.4) is 0 Å². The Hall–Kier alpha value is -1.76. The average molecular weight is 192 g/mol. The van der Waals surface area contributed by atoms with Gasteiger partial charge in [0.2, 0.25) is 0 Å². The molecule has 0 aliphatic rings. The maximum Gasteiger partial charge on any atom is 0.0912 e. The molecule has 0 saturated carbocycles. The highest BCUT2D eigenvalue weighted by Gasteiger charge is 2.10. The highest BCUT2D eigenvalue weighted by atomic mass is 16.5. The molecule has 0 rings (SSSR count). The molecule has 0 radical (unpaired) electrons. The second-order valence-corrected chi connectivity index (χ2v) is 2.52. The molecule has 14 heavy (non-hydrogen) atoms. The molecule has 0 aromatic heterocycles. The Morgan fingerprint density at radius 1 is 1.57 bits per heavy atom. The average Bonchev–Trinajstić information content (AvgIpc) is 2.18. The van der Waals surface area contributed by atoms with E-state index < -0.39 is 0 Å². The van der Waals surface area contributed by atoms with Gasteiger partial charge in [0.05, 0.1) is 18.2 Å². The fourth-order valence-corrected chi connectivity index (χ4v) is 0.856. The lowest BCUT2D eigenvalue weighted by molar-refractivity contribution is 0.123. The number of nitriles is 1. The number of nitrogens with zero attached hydrogens (tertiary/aromatic N) is 4. The van der Waals surface area contributed by atoms with Gasteiger partial charge in [-0.15, -0.1) is 0 Å². The molecule has 74 valence electrons. The van der Waals surface area contributed by atoms with Gasteiger partial charge in [0.15, 0.2) is 0 Å². The number of azide groups is 1. The van der Waals surface area contributed by atoms with Gasteiger partial charge < -0.3 is 4.74 Å². The number of hydrogen-bond donors (Lipinski definition) is 0. The molecule has 0 aliphatic heterocycles. The lowest BCUT2D eigenvalue weighted by atomic mass is 10.2. The molecular weight excluding hydrogens is 180 g/mol. The Labute approximate surface area is 82.9 Å². The van der Waals surface area contributed by atoms with Crippen molar-refractivity contribution in [2.75, 3.05) is 7.11 Å². The first-order valence-corrected chi connectivity index (χ1v) is 4.06. The van der Waals surface area contributed by atoms with Gasteiger partial charge >= 0.3 is 0 Å². The summed E-state index contributed by atoms with van der Waals surface area (Å²) in [5.74, 6) is 0. The summed E-state index contributed by atoms with van der Waals surface area (Å²) in [6.45, 7) is 1.76. The first-order valence-electron chi connectivity index (χ1n) is 4.06. The fraction of sp³-hybridized carbons (Fsp3) is 0.444. The molecule has 0 aromatic carbocycles. The van der Waals surface area contributed by atoms with E-state index in [1.54, 1.807) is 25.2 Å². The zero-order valence-corrected chi connectivity index (χ0v) is 8.16. The Bertz CT molecular complexity index is 296. The van der Waals surface area contributed by atoms with Crippen LogP contribution < -0.4 is 0 Å². The highest BCUT2D eigenvalue weighted by molar-refractivity contribution is 5.13. The van der Waals surface area contributed by atoms with Crippen molar-refractivity contribution >= 4 is 0 Å². The van der Waals surface area contributed by atoms with Crippen LogP contribution >= 0.6 is 0 Å². The first-order chi connectivity index (χ1) is 6.76. The standard InChI is InChI=1S/C9H12N4O/c1-8(12-13-11)9(14-2)6-4-3-5-7-10/h3-6,8-9H,1-2H3/b5-3+,6-4+/t8-,9+/m1/s1. The number of methoxy groups -OCH3 is 1. The van der Waals surface area contributed by atoms with E-state index in [9.17, 15) is 0 Å². The predicted octanol–water partition coefficient (Wildman–Crippen LogP) is 2.34. The summed E-state index contributed by atoms with van der Waals surface area (Å²) >= 11 is 0. The number of allylic oxidation sites excluding steroid dienone is 3. The normalized spacial score (nSPS) is 14.9. The topological polar surface area (TPSA) is 81.8 Å². The maximum absolute atomic E-state index is 8.21. The molecule has 0 unspecified atom stereocenters. The Morgan fingerprint density at radius 3 is 2.79 bits per heavy atom. The minimum atomic E-state index is -0.269. The van der Waals surface area contributed by atoms with Gasteiger partial charge in [-0.1, -0.05) is 30.3 Å². The van der Waals surface area contributed by atoms with Crippen molar-refractivity contribution in [3.8, 4) is 6.07 Å². The SMILES string of the molecule is CO[C@@H](/C=C/C=C/C#N)[C@@H](C)N=[N+]=[N-]. The molecule has 0 bridgehead atoms. The third-order valence-electron chi connectivity index (χ3n) is 1.56. The van der Waals surface area contributed by atoms with Crippen LogP contribution in [0.5, 0.6) is 0 Å². The summed E-state index contributed by atoms with van der Waals surface area (Å²) in [6, 6.07) is 1.59. The molecule has 0 fully saturated rings. The van der Waals surface area contributed by atoms with Crippen LogP contribution in [0.25, 0.3) is 10.4 Å².